The van der Waals surface area contributed by atoms with Gasteiger partial charge in [-0.25, -0.2) is 4.98 Å². The molecule has 360 valence electrons. The number of ketones is 1. The number of piperidine rings is 2. The van der Waals surface area contributed by atoms with E-state index < -0.39 is 35.1 Å². The van der Waals surface area contributed by atoms with Crippen LogP contribution in [0, 0.1) is 12.3 Å². The van der Waals surface area contributed by atoms with E-state index in [1.165, 1.54) is 16.2 Å². The van der Waals surface area contributed by atoms with Crippen LogP contribution in [0.15, 0.2) is 24.3 Å². The highest BCUT2D eigenvalue weighted by molar-refractivity contribution is 7.15. The normalized spacial score (nSPS) is 20.6. The maximum Gasteiger partial charge on any atom is 0.291 e. The topological polar surface area (TPSA) is 232 Å². The number of aryl methyl sites for hydroxylation is 3. The van der Waals surface area contributed by atoms with E-state index in [0.717, 1.165) is 72.2 Å². The summed E-state index contributed by atoms with van der Waals surface area (Å²) in [5.74, 6) is 2.30. The summed E-state index contributed by atoms with van der Waals surface area (Å²) in [6.07, 6.45) is 8.94. The van der Waals surface area contributed by atoms with Gasteiger partial charge in [0.05, 0.1) is 19.3 Å². The molecule has 1 aromatic carbocycles. The third kappa shape index (κ3) is 10.8. The molecule has 5 atom stereocenters. The number of carbonyl (C=O) groups excluding carboxylic acids is 4. The molecule has 3 aromatic heterocycles. The predicted molar refractivity (Wildman–Crippen MR) is 256 cm³/mol. The Morgan fingerprint density at radius 2 is 1.70 bits per heavy atom. The fourth-order valence-corrected chi connectivity index (χ4v) is 10.8. The van der Waals surface area contributed by atoms with E-state index >= 15 is 0 Å². The zero-order valence-corrected chi connectivity index (χ0v) is 40.5. The molecule has 20 heteroatoms. The second-order valence-corrected chi connectivity index (χ2v) is 20.2. The van der Waals surface area contributed by atoms with Crippen molar-refractivity contribution >= 4 is 57.8 Å². The zero-order valence-electron chi connectivity index (χ0n) is 39.7. The Morgan fingerprint density at radius 1 is 0.955 bits per heavy atom. The van der Waals surface area contributed by atoms with Crippen LogP contribution in [0.1, 0.15) is 113 Å². The van der Waals surface area contributed by atoms with Crippen molar-refractivity contribution in [3.63, 3.8) is 0 Å². The number of Topliss-reactive ketones (excluding diaryl/α,β-unsaturated/α-hetero) is 1. The fraction of sp³-hybridized carbons (Fsp3) is 0.617. The smallest absolute Gasteiger partial charge is 0.291 e. The molecule has 3 fully saturated rings. The van der Waals surface area contributed by atoms with E-state index in [0.29, 0.717) is 94.0 Å². The molecule has 4 aromatic rings. The summed E-state index contributed by atoms with van der Waals surface area (Å²) in [5.41, 5.74) is 7.05. The van der Waals surface area contributed by atoms with Crippen LogP contribution in [0.25, 0.3) is 0 Å². The molecule has 0 radical (unpaired) electrons. The monoisotopic (exact) mass is 939 g/mol. The summed E-state index contributed by atoms with van der Waals surface area (Å²) in [7, 11) is 3.56. The second kappa shape index (κ2) is 20.5. The van der Waals surface area contributed by atoms with Gasteiger partial charge in [-0.1, -0.05) is 32.9 Å². The van der Waals surface area contributed by atoms with Crippen LogP contribution in [0.5, 0.6) is 5.75 Å². The molecule has 8 rings (SSSR count). The van der Waals surface area contributed by atoms with Gasteiger partial charge >= 0.3 is 0 Å². The lowest BCUT2D eigenvalue weighted by atomic mass is 9.84. The van der Waals surface area contributed by atoms with Gasteiger partial charge in [-0.3, -0.25) is 19.2 Å². The molecule has 7 heterocycles. The summed E-state index contributed by atoms with van der Waals surface area (Å²) in [4.78, 5) is 81.7. The molecule has 2 bridgehead atoms. The summed E-state index contributed by atoms with van der Waals surface area (Å²) in [6, 6.07) is 5.86. The van der Waals surface area contributed by atoms with Crippen LogP contribution in [0.3, 0.4) is 0 Å². The fourth-order valence-electron chi connectivity index (χ4n) is 9.93. The van der Waals surface area contributed by atoms with Crippen LogP contribution in [0.4, 0.5) is 23.0 Å². The lowest BCUT2D eigenvalue weighted by Gasteiger charge is -2.41. The lowest BCUT2D eigenvalue weighted by Crippen LogP contribution is -2.60. The average molecular weight is 939 g/mol. The number of fused-ring (bicyclic) bond motifs is 3. The Morgan fingerprint density at radius 3 is 2.40 bits per heavy atom. The molecular weight excluding hydrogens is 873 g/mol. The van der Waals surface area contributed by atoms with Crippen molar-refractivity contribution < 1.29 is 23.9 Å². The van der Waals surface area contributed by atoms with Crippen LogP contribution in [-0.2, 0) is 51.5 Å². The van der Waals surface area contributed by atoms with E-state index in [-0.39, 0.29) is 24.0 Å². The molecule has 3 amide bonds. The number of methoxy groups -OCH3 is 1. The summed E-state index contributed by atoms with van der Waals surface area (Å²) >= 11 is 1.48. The van der Waals surface area contributed by atoms with Gasteiger partial charge in [-0.15, -0.1) is 21.5 Å². The van der Waals surface area contributed by atoms with Crippen molar-refractivity contribution in [2.75, 3.05) is 48.5 Å². The van der Waals surface area contributed by atoms with Gasteiger partial charge in [0.25, 0.3) is 5.91 Å². The molecule has 0 aliphatic carbocycles. The van der Waals surface area contributed by atoms with Gasteiger partial charge in [0.15, 0.2) is 11.0 Å². The number of nitrogens with two attached hydrogens (primary N) is 1. The van der Waals surface area contributed by atoms with Gasteiger partial charge < -0.3 is 45.7 Å². The van der Waals surface area contributed by atoms with Crippen molar-refractivity contribution in [3.05, 3.63) is 52.0 Å². The number of amides is 3. The first-order valence-electron chi connectivity index (χ1n) is 23.9. The lowest BCUT2D eigenvalue weighted by molar-refractivity contribution is -0.154. The molecule has 67 heavy (non-hydrogen) atoms. The average Bonchev–Trinajstić information content (AvgIpc) is 4.10. The maximum atomic E-state index is 14.9. The third-order valence-corrected chi connectivity index (χ3v) is 15.2. The van der Waals surface area contributed by atoms with Gasteiger partial charge in [-0.2, -0.15) is 15.0 Å². The molecule has 0 spiro atoms. The van der Waals surface area contributed by atoms with E-state index in [2.05, 4.69) is 35.7 Å². The molecule has 19 nitrogen and oxygen atoms in total. The molecule has 0 saturated carbocycles. The van der Waals surface area contributed by atoms with Crippen molar-refractivity contribution in [2.24, 2.45) is 5.41 Å². The predicted octanol–water partition coefficient (Wildman–Crippen LogP) is 4.49. The number of likely N-dealkylation sites (tertiary alicyclic amines) is 1. The largest absolute Gasteiger partial charge is 0.497 e. The Hall–Kier alpha value is -5.92. The zero-order chi connectivity index (χ0) is 47.4. The third-order valence-electron chi connectivity index (χ3n) is 14.1. The van der Waals surface area contributed by atoms with Crippen LogP contribution < -0.4 is 31.3 Å². The van der Waals surface area contributed by atoms with Crippen LogP contribution in [-0.4, -0.2) is 125 Å². The minimum Gasteiger partial charge on any atom is -0.497 e. The molecule has 5 N–H and O–H groups in total. The van der Waals surface area contributed by atoms with Crippen LogP contribution in [0.2, 0.25) is 0 Å². The number of nitrogen functional groups attached to an aromatic ring is 1. The Bertz CT molecular complexity index is 2410. The van der Waals surface area contributed by atoms with Gasteiger partial charge in [0.2, 0.25) is 35.4 Å². The number of nitrogens with one attached hydrogen (secondary N) is 3. The van der Waals surface area contributed by atoms with E-state index in [1.54, 1.807) is 21.0 Å². The number of ether oxygens (including phenoxy) is 1. The quantitative estimate of drug-likeness (QED) is 0.0949. The van der Waals surface area contributed by atoms with Crippen molar-refractivity contribution in [1.29, 1.82) is 0 Å². The number of thiazole rings is 1. The van der Waals surface area contributed by atoms with E-state index in [9.17, 15) is 19.2 Å². The number of nitrogens with zero attached hydrogens (tertiary/aromatic N) is 10. The van der Waals surface area contributed by atoms with Gasteiger partial charge in [0, 0.05) is 67.9 Å². The molecule has 3 saturated heterocycles. The van der Waals surface area contributed by atoms with Gasteiger partial charge in [0.1, 0.15) is 23.7 Å². The maximum absolute atomic E-state index is 14.9. The Labute approximate surface area is 396 Å². The number of aromatic nitrogens is 7. The van der Waals surface area contributed by atoms with E-state index in [1.807, 2.05) is 55.0 Å². The molecule has 4 aliphatic rings. The first-order chi connectivity index (χ1) is 32.2. The minimum atomic E-state index is -0.843. The number of hydrogen-bond donors (Lipinski definition) is 4. The summed E-state index contributed by atoms with van der Waals surface area (Å²) in [6.45, 7) is 9.62. The highest BCUT2D eigenvalue weighted by Gasteiger charge is 2.46. The number of carbonyl (C=O) groups is 4. The number of hydrogen-bond acceptors (Lipinski definition) is 16. The minimum absolute atomic E-state index is 0.0309. The van der Waals surface area contributed by atoms with E-state index in [4.69, 9.17) is 25.4 Å². The first-order valence-corrected chi connectivity index (χ1v) is 24.7. The SMILES string of the molecule is CCC(C)(C)C(=O)C(=O)N1CCCC[C@H]1C(=O)N[C@H](CCc1ccc(OC)cc1)C(=O)N1[C@@H]2CC[C@H]1CC(Nc1nc(NCCc3sc(N)nc3C)nc(N(C)Cc3nnc4n3CCC4)n1)C2. The first kappa shape index (κ1) is 47.6. The number of benzene rings is 1. The van der Waals surface area contributed by atoms with Gasteiger partial charge in [-0.05, 0) is 95.2 Å². The number of anilines is 4. The second-order valence-electron chi connectivity index (χ2n) is 19.1. The van der Waals surface area contributed by atoms with Crippen molar-refractivity contribution in [1.82, 2.24) is 49.8 Å². The summed E-state index contributed by atoms with van der Waals surface area (Å²) < 4.78 is 7.54. The van der Waals surface area contributed by atoms with Crippen molar-refractivity contribution in [2.45, 2.75) is 154 Å². The standard InChI is InChI=1S/C47H66N14O5S/c1-7-47(3,4)39(62)42(65)59-23-9-8-11-35(59)40(63)52-34(20-15-29-13-18-33(66-6)19-14-29)41(64)61-31-16-17-32(61)26-30(25-31)51-45-53-44(49-22-21-36-28(2)50-43(48)67-36)54-46(55-45)58(5)27-38-57-56-37-12-10-24-60(37)38/h13-14,18-19,30-32,34-35H,7-12,15-17,20-27H2,1-6H3,(H2,48,50)(H,52,63)(H2,49,51,53,54,55)/t30?,31-,32+,34-,35+/m1/s1. The molecular formula is C47H66N14O5S. The van der Waals surface area contributed by atoms with Crippen molar-refractivity contribution in [3.8, 4) is 5.75 Å². The highest BCUT2D eigenvalue weighted by Crippen LogP contribution is 2.38. The Balaban J connectivity index is 0.983. The highest BCUT2D eigenvalue weighted by atomic mass is 32.1. The Kier molecular flexibility index (Phi) is 14.6. The molecule has 4 aliphatic heterocycles. The van der Waals surface area contributed by atoms with Crippen LogP contribution >= 0.6 is 11.3 Å². The molecule has 1 unspecified atom stereocenters. The number of rotatable bonds is 19. The summed E-state index contributed by atoms with van der Waals surface area (Å²) in [5, 5.41) is 19.5.